The summed E-state index contributed by atoms with van der Waals surface area (Å²) in [5.74, 6) is 0. The summed E-state index contributed by atoms with van der Waals surface area (Å²) in [7, 11) is 0. The monoisotopic (exact) mass is 624 g/mol. The van der Waals surface area contributed by atoms with Crippen molar-refractivity contribution < 1.29 is 0 Å². The van der Waals surface area contributed by atoms with Crippen LogP contribution in [0.5, 0.6) is 0 Å². The fraction of sp³-hybridized carbons (Fsp3) is 0. The van der Waals surface area contributed by atoms with Crippen LogP contribution in [0.15, 0.2) is 103 Å². The summed E-state index contributed by atoms with van der Waals surface area (Å²) in [6, 6.07) is 41.5. The van der Waals surface area contributed by atoms with Gasteiger partial charge in [-0.25, -0.2) is 4.85 Å². The summed E-state index contributed by atoms with van der Waals surface area (Å²) in [6.45, 7) is 7.35. The molecule has 10 rings (SSSR count). The van der Waals surface area contributed by atoms with Crippen molar-refractivity contribution in [2.24, 2.45) is 0 Å². The first-order valence-corrected chi connectivity index (χ1v) is 16.2. The summed E-state index contributed by atoms with van der Waals surface area (Å²) >= 11 is 1.82. The average Bonchev–Trinajstić information content (AvgIpc) is 3.79. The highest BCUT2D eigenvalue weighted by atomic mass is 32.1. The Morgan fingerprint density at radius 2 is 1.38 bits per heavy atom. The van der Waals surface area contributed by atoms with Crippen LogP contribution in [0.25, 0.3) is 74.3 Å². The number of hydrogen-bond donors (Lipinski definition) is 0. The molecule has 0 saturated heterocycles. The van der Waals surface area contributed by atoms with Crippen molar-refractivity contribution in [2.45, 2.75) is 0 Å². The van der Waals surface area contributed by atoms with Gasteiger partial charge in [-0.2, -0.15) is 15.8 Å². The Hall–Kier alpha value is -6.84. The van der Waals surface area contributed by atoms with Gasteiger partial charge in [-0.05, 0) is 58.8 Å². The number of thiophene rings is 1. The number of para-hydroxylation sites is 2. The molecule has 0 N–H and O–H groups in total. The third-order valence-corrected chi connectivity index (χ3v) is 11.0. The topological polar surface area (TPSA) is 85.6 Å². The smallest absolute Gasteiger partial charge is 0.332 e. The van der Waals surface area contributed by atoms with Gasteiger partial charge in [-0.3, -0.25) is 0 Å². The highest BCUT2D eigenvalue weighted by molar-refractivity contribution is 7.26. The predicted octanol–water partition coefficient (Wildman–Crippen LogP) is 8.39. The van der Waals surface area contributed by atoms with Crippen LogP contribution in [0, 0.1) is 40.6 Å². The maximum Gasteiger partial charge on any atom is 0.332 e. The predicted molar refractivity (Wildman–Crippen MR) is 194 cm³/mol. The standard InChI is InChI=1S/C40H17BN6S/c1-45-25-17-24(21-44)38-30(18-25)29-16-22(19-42)15-23(20-43)37(29)47(38)41-31-9-3-4-11-33(31)46-34-14-13-27-26-7-2-5-12-35(26)48-40(27)36(34)28-8-6-10-32(41)39(28)46/h2-18H. The molecular weight excluding hydrogens is 607 g/mol. The molecule has 0 fully saturated rings. The van der Waals surface area contributed by atoms with Gasteiger partial charge in [0.05, 0.1) is 57.5 Å². The average molecular weight is 624 g/mol. The molecule has 1 aliphatic rings. The van der Waals surface area contributed by atoms with E-state index >= 15 is 0 Å². The fourth-order valence-electron chi connectivity index (χ4n) is 8.05. The molecule has 0 saturated carbocycles. The number of nitrogens with zero attached hydrogens (tertiary/aromatic N) is 6. The highest BCUT2D eigenvalue weighted by Crippen LogP contribution is 2.44. The Kier molecular flexibility index (Phi) is 5.14. The molecule has 0 atom stereocenters. The van der Waals surface area contributed by atoms with Gasteiger partial charge < -0.3 is 9.05 Å². The molecule has 4 heterocycles. The number of aromatic nitrogens is 2. The van der Waals surface area contributed by atoms with Gasteiger partial charge in [-0.15, -0.1) is 11.3 Å². The Morgan fingerprint density at radius 1 is 0.646 bits per heavy atom. The zero-order valence-electron chi connectivity index (χ0n) is 25.0. The highest BCUT2D eigenvalue weighted by Gasteiger charge is 2.37. The van der Waals surface area contributed by atoms with Crippen LogP contribution < -0.4 is 10.9 Å². The van der Waals surface area contributed by atoms with E-state index in [1.807, 2.05) is 23.5 Å². The second-order valence-corrected chi connectivity index (χ2v) is 13.2. The van der Waals surface area contributed by atoms with Gasteiger partial charge >= 0.3 is 6.85 Å². The van der Waals surface area contributed by atoms with E-state index in [0.717, 1.165) is 33.0 Å². The van der Waals surface area contributed by atoms with E-state index in [9.17, 15) is 15.8 Å². The first kappa shape index (κ1) is 26.4. The van der Waals surface area contributed by atoms with Gasteiger partial charge in [0.1, 0.15) is 6.07 Å². The summed E-state index contributed by atoms with van der Waals surface area (Å²) < 4.78 is 6.97. The molecule has 0 amide bonds. The number of fused-ring (bicyclic) bond motifs is 12. The Bertz CT molecular complexity index is 3040. The van der Waals surface area contributed by atoms with E-state index in [1.54, 1.807) is 24.3 Å². The van der Waals surface area contributed by atoms with Crippen LogP contribution in [0.1, 0.15) is 16.7 Å². The van der Waals surface area contributed by atoms with Gasteiger partial charge in [-0.1, -0.05) is 60.7 Å². The lowest BCUT2D eigenvalue weighted by molar-refractivity contribution is 1.18. The molecule has 0 aliphatic carbocycles. The lowest BCUT2D eigenvalue weighted by Crippen LogP contribution is -2.53. The quantitative estimate of drug-likeness (QED) is 0.136. The zero-order chi connectivity index (χ0) is 32.3. The van der Waals surface area contributed by atoms with Crippen LogP contribution in [-0.4, -0.2) is 15.9 Å². The first-order valence-electron chi connectivity index (χ1n) is 15.3. The third-order valence-electron chi connectivity index (χ3n) is 9.83. The minimum atomic E-state index is -0.412. The van der Waals surface area contributed by atoms with E-state index in [0.29, 0.717) is 44.2 Å². The molecule has 0 bridgehead atoms. The molecule has 48 heavy (non-hydrogen) atoms. The summed E-state index contributed by atoms with van der Waals surface area (Å²) in [4.78, 5) is 3.66. The van der Waals surface area contributed by atoms with Crippen molar-refractivity contribution in [1.29, 1.82) is 15.8 Å². The van der Waals surface area contributed by atoms with Gasteiger partial charge in [0.15, 0.2) is 5.69 Å². The minimum absolute atomic E-state index is 0.331. The van der Waals surface area contributed by atoms with Crippen LogP contribution >= 0.6 is 11.3 Å². The molecule has 216 valence electrons. The van der Waals surface area contributed by atoms with Crippen LogP contribution in [0.2, 0.25) is 0 Å². The van der Waals surface area contributed by atoms with E-state index in [-0.39, 0.29) is 0 Å². The van der Waals surface area contributed by atoms with Crippen LogP contribution in [-0.2, 0) is 0 Å². The number of benzene rings is 6. The molecule has 0 spiro atoms. The number of nitriles is 3. The maximum absolute atomic E-state index is 10.5. The molecule has 8 heteroatoms. The number of hydrogen-bond acceptors (Lipinski definition) is 4. The summed E-state index contributed by atoms with van der Waals surface area (Å²) in [5.41, 5.74) is 7.95. The Labute approximate surface area is 277 Å². The molecule has 0 unspecified atom stereocenters. The zero-order valence-corrected chi connectivity index (χ0v) is 25.8. The van der Waals surface area contributed by atoms with E-state index in [1.165, 1.54) is 25.6 Å². The first-order chi connectivity index (χ1) is 23.6. The molecule has 0 radical (unpaired) electrons. The van der Waals surface area contributed by atoms with Crippen molar-refractivity contribution in [1.82, 2.24) is 9.05 Å². The lowest BCUT2D eigenvalue weighted by Gasteiger charge is -2.28. The molecule has 9 aromatic rings. The minimum Gasteiger partial charge on any atom is -0.374 e. The van der Waals surface area contributed by atoms with Crippen molar-refractivity contribution in [3.05, 3.63) is 131 Å². The van der Waals surface area contributed by atoms with Crippen molar-refractivity contribution >= 4 is 98.6 Å². The second-order valence-electron chi connectivity index (χ2n) is 12.1. The molecule has 3 aromatic heterocycles. The fourth-order valence-corrected chi connectivity index (χ4v) is 9.31. The van der Waals surface area contributed by atoms with Crippen molar-refractivity contribution in [2.75, 3.05) is 0 Å². The normalized spacial score (nSPS) is 12.0. The van der Waals surface area contributed by atoms with E-state index in [4.69, 9.17) is 6.57 Å². The van der Waals surface area contributed by atoms with E-state index in [2.05, 4.69) is 98.8 Å². The van der Waals surface area contributed by atoms with Crippen LogP contribution in [0.4, 0.5) is 5.69 Å². The Morgan fingerprint density at radius 3 is 2.19 bits per heavy atom. The third kappa shape index (κ3) is 3.17. The maximum atomic E-state index is 10.5. The lowest BCUT2D eigenvalue weighted by atomic mass is 9.48. The Balaban J connectivity index is 1.43. The second kappa shape index (κ2) is 9.35. The van der Waals surface area contributed by atoms with Crippen molar-refractivity contribution in [3.8, 4) is 23.9 Å². The van der Waals surface area contributed by atoms with Gasteiger partial charge in [0.25, 0.3) is 0 Å². The summed E-state index contributed by atoms with van der Waals surface area (Å²) in [6.07, 6.45) is 0. The summed E-state index contributed by atoms with van der Waals surface area (Å²) in [5, 5.41) is 37.1. The van der Waals surface area contributed by atoms with Crippen LogP contribution in [0.3, 0.4) is 0 Å². The largest absolute Gasteiger partial charge is 0.374 e. The SMILES string of the molecule is [C-]#[N+]c1cc(C#N)c2c(c1)c1cc(C#N)cc(C#N)c1n2B1c2ccccc2-n2c3ccc4c5ccccc5sc4c3c3cccc1c32. The molecule has 6 nitrogen and oxygen atoms in total. The van der Waals surface area contributed by atoms with E-state index < -0.39 is 6.85 Å². The molecule has 1 aliphatic heterocycles. The van der Waals surface area contributed by atoms with Crippen molar-refractivity contribution in [3.63, 3.8) is 0 Å². The number of rotatable bonds is 1. The van der Waals surface area contributed by atoms with Gasteiger partial charge in [0.2, 0.25) is 0 Å². The van der Waals surface area contributed by atoms with Gasteiger partial charge in [0, 0.05) is 42.0 Å². The molecular formula is C40H17BN6S. The molecule has 6 aromatic carbocycles.